The minimum absolute atomic E-state index is 0.129. The lowest BCUT2D eigenvalue weighted by Gasteiger charge is -2.27. The van der Waals surface area contributed by atoms with Crippen molar-refractivity contribution in [1.82, 2.24) is 15.2 Å². The number of halogens is 3. The molecule has 2 rings (SSSR count). The number of urea groups is 1. The number of alkyl halides is 3. The molecule has 6 nitrogen and oxygen atoms in total. The first-order valence-corrected chi connectivity index (χ1v) is 8.04. The third-order valence-electron chi connectivity index (χ3n) is 3.47. The molecule has 0 unspecified atom stereocenters. The molecule has 10 heteroatoms. The van der Waals surface area contributed by atoms with Crippen LogP contribution in [0, 0.1) is 0 Å². The molecule has 3 amide bonds. The molecule has 0 saturated carbocycles. The molecular formula is C15H17F3N4O2S. The van der Waals surface area contributed by atoms with Crippen molar-refractivity contribution in [3.8, 4) is 0 Å². The summed E-state index contributed by atoms with van der Waals surface area (Å²) in [5, 5.41) is 7.91. The summed E-state index contributed by atoms with van der Waals surface area (Å²) in [7, 11) is 2.94. The number of benzene rings is 1. The highest BCUT2D eigenvalue weighted by atomic mass is 32.2. The molecule has 0 saturated heterocycles. The van der Waals surface area contributed by atoms with Crippen LogP contribution in [0.15, 0.2) is 29.4 Å². The SMILES string of the molecule is CNC(=O)N(C)C1=NN(C(=O)c2cccc(C(F)(F)F)c2)C(C)(C)S1. The lowest BCUT2D eigenvalue weighted by molar-refractivity contribution is -0.137. The van der Waals surface area contributed by atoms with E-state index in [4.69, 9.17) is 0 Å². The highest BCUT2D eigenvalue weighted by Crippen LogP contribution is 2.39. The molecule has 1 heterocycles. The summed E-state index contributed by atoms with van der Waals surface area (Å²) >= 11 is 1.16. The Morgan fingerprint density at radius 1 is 1.32 bits per heavy atom. The first-order valence-electron chi connectivity index (χ1n) is 7.22. The van der Waals surface area contributed by atoms with Gasteiger partial charge in [0.15, 0.2) is 5.17 Å². The van der Waals surface area contributed by atoms with Crippen LogP contribution < -0.4 is 5.32 Å². The van der Waals surface area contributed by atoms with E-state index >= 15 is 0 Å². The van der Waals surface area contributed by atoms with Crippen molar-refractivity contribution in [2.75, 3.05) is 14.1 Å². The first kappa shape index (κ1) is 19.1. The number of hydrazone groups is 1. The maximum Gasteiger partial charge on any atom is 0.416 e. The van der Waals surface area contributed by atoms with E-state index in [9.17, 15) is 22.8 Å². The summed E-state index contributed by atoms with van der Waals surface area (Å²) in [5.74, 6) is -0.677. The normalized spacial score (nSPS) is 16.4. The average molecular weight is 374 g/mol. The summed E-state index contributed by atoms with van der Waals surface area (Å²) in [5.41, 5.74) is -1.04. The number of rotatable bonds is 1. The molecule has 1 N–H and O–H groups in total. The van der Waals surface area contributed by atoms with Gasteiger partial charge in [-0.3, -0.25) is 9.69 Å². The number of carbonyl (C=O) groups excluding carboxylic acids is 2. The zero-order chi connectivity index (χ0) is 19.0. The zero-order valence-corrected chi connectivity index (χ0v) is 14.8. The molecule has 1 aliphatic rings. The second kappa shape index (κ2) is 6.58. The van der Waals surface area contributed by atoms with Gasteiger partial charge >= 0.3 is 12.2 Å². The van der Waals surface area contributed by atoms with Gasteiger partial charge in [-0.05, 0) is 32.0 Å². The Morgan fingerprint density at radius 3 is 2.52 bits per heavy atom. The lowest BCUT2D eigenvalue weighted by atomic mass is 10.1. The van der Waals surface area contributed by atoms with Crippen molar-refractivity contribution >= 4 is 28.9 Å². The van der Waals surface area contributed by atoms with Gasteiger partial charge in [0.25, 0.3) is 5.91 Å². The Bertz CT molecular complexity index is 734. The van der Waals surface area contributed by atoms with Crippen LogP contribution in [-0.2, 0) is 6.18 Å². The Morgan fingerprint density at radius 2 is 1.96 bits per heavy atom. The fraction of sp³-hybridized carbons (Fsp3) is 0.400. The molecule has 1 aliphatic heterocycles. The predicted molar refractivity (Wildman–Crippen MR) is 88.9 cm³/mol. The average Bonchev–Trinajstić information content (AvgIpc) is 2.87. The third kappa shape index (κ3) is 3.89. The Labute approximate surface area is 147 Å². The Balaban J connectivity index is 2.35. The molecule has 0 atom stereocenters. The summed E-state index contributed by atoms with van der Waals surface area (Å²) in [6.07, 6.45) is -4.54. The van der Waals surface area contributed by atoms with E-state index < -0.39 is 28.5 Å². The van der Waals surface area contributed by atoms with Gasteiger partial charge in [0.2, 0.25) is 0 Å². The Kier molecular flexibility index (Phi) is 5.03. The van der Waals surface area contributed by atoms with Gasteiger partial charge < -0.3 is 5.32 Å². The molecule has 0 spiro atoms. The molecule has 0 bridgehead atoms. The quantitative estimate of drug-likeness (QED) is 0.821. The van der Waals surface area contributed by atoms with Crippen LogP contribution in [0.1, 0.15) is 29.8 Å². The largest absolute Gasteiger partial charge is 0.416 e. The van der Waals surface area contributed by atoms with Crippen molar-refractivity contribution < 1.29 is 22.8 Å². The van der Waals surface area contributed by atoms with Gasteiger partial charge in [-0.25, -0.2) is 9.80 Å². The van der Waals surface area contributed by atoms with Crippen LogP contribution in [0.2, 0.25) is 0 Å². The maximum absolute atomic E-state index is 12.8. The van der Waals surface area contributed by atoms with Crippen LogP contribution in [0.4, 0.5) is 18.0 Å². The van der Waals surface area contributed by atoms with Crippen LogP contribution in [0.5, 0.6) is 0 Å². The third-order valence-corrected chi connectivity index (χ3v) is 4.68. The molecule has 0 aromatic heterocycles. The van der Waals surface area contributed by atoms with Gasteiger partial charge in [-0.1, -0.05) is 17.8 Å². The van der Waals surface area contributed by atoms with Gasteiger partial charge in [-0.2, -0.15) is 13.2 Å². The van der Waals surface area contributed by atoms with E-state index in [2.05, 4.69) is 10.4 Å². The Hall–Kier alpha value is -2.23. The van der Waals surface area contributed by atoms with E-state index in [1.807, 2.05) is 0 Å². The van der Waals surface area contributed by atoms with Gasteiger partial charge in [0.05, 0.1) is 5.56 Å². The van der Waals surface area contributed by atoms with Crippen molar-refractivity contribution in [1.29, 1.82) is 0 Å². The van der Waals surface area contributed by atoms with E-state index in [1.54, 1.807) is 13.8 Å². The highest BCUT2D eigenvalue weighted by Gasteiger charge is 2.42. The standard InChI is InChI=1S/C15H17F3N4O2S/c1-14(2)22(20-13(25-14)21(4)12(24)19-3)11(23)9-6-5-7-10(8-9)15(16,17)18/h5-8H,1-4H3,(H,19,24). The number of hydrogen-bond acceptors (Lipinski definition) is 4. The van der Waals surface area contributed by atoms with Crippen LogP contribution in [0.25, 0.3) is 0 Å². The molecule has 25 heavy (non-hydrogen) atoms. The van der Waals surface area contributed by atoms with Crippen LogP contribution >= 0.6 is 11.8 Å². The summed E-state index contributed by atoms with van der Waals surface area (Å²) < 4.78 is 38.5. The predicted octanol–water partition coefficient (Wildman–Crippen LogP) is 3.17. The smallest absolute Gasteiger partial charge is 0.341 e. The molecular weight excluding hydrogens is 357 g/mol. The number of carbonyl (C=O) groups is 2. The number of thioether (sulfide) groups is 1. The van der Waals surface area contributed by atoms with Crippen molar-refractivity contribution in [2.45, 2.75) is 24.9 Å². The maximum atomic E-state index is 12.8. The van der Waals surface area contributed by atoms with E-state index in [1.165, 1.54) is 31.1 Å². The summed E-state index contributed by atoms with van der Waals surface area (Å²) in [4.78, 5) is 24.7. The number of nitrogens with one attached hydrogen (secondary N) is 1. The molecule has 0 fully saturated rings. The first-order chi connectivity index (χ1) is 11.5. The van der Waals surface area contributed by atoms with Crippen LogP contribution in [-0.4, -0.2) is 46.0 Å². The minimum Gasteiger partial charge on any atom is -0.341 e. The number of amidine groups is 1. The van der Waals surface area contributed by atoms with Crippen LogP contribution in [0.3, 0.4) is 0 Å². The number of amides is 3. The molecule has 1 aromatic carbocycles. The second-order valence-electron chi connectivity index (χ2n) is 5.74. The fourth-order valence-electron chi connectivity index (χ4n) is 2.12. The van der Waals surface area contributed by atoms with Crippen molar-refractivity contribution in [3.63, 3.8) is 0 Å². The van der Waals surface area contributed by atoms with Gasteiger partial charge in [0.1, 0.15) is 4.87 Å². The second-order valence-corrected chi connectivity index (χ2v) is 7.31. The molecule has 1 aromatic rings. The van der Waals surface area contributed by atoms with E-state index in [-0.39, 0.29) is 10.7 Å². The lowest BCUT2D eigenvalue weighted by Crippen LogP contribution is -2.39. The number of nitrogens with zero attached hydrogens (tertiary/aromatic N) is 3. The van der Waals surface area contributed by atoms with Crippen molar-refractivity contribution in [3.05, 3.63) is 35.4 Å². The van der Waals surface area contributed by atoms with E-state index in [0.29, 0.717) is 0 Å². The molecule has 0 radical (unpaired) electrons. The molecule has 136 valence electrons. The minimum atomic E-state index is -4.54. The highest BCUT2D eigenvalue weighted by molar-refractivity contribution is 8.15. The summed E-state index contributed by atoms with van der Waals surface area (Å²) in [6, 6.07) is 3.74. The van der Waals surface area contributed by atoms with Gasteiger partial charge in [-0.15, -0.1) is 5.10 Å². The molecule has 0 aliphatic carbocycles. The zero-order valence-electron chi connectivity index (χ0n) is 14.0. The van der Waals surface area contributed by atoms with Crippen molar-refractivity contribution in [2.24, 2.45) is 5.10 Å². The fourth-order valence-corrected chi connectivity index (χ4v) is 3.12. The summed E-state index contributed by atoms with van der Waals surface area (Å²) in [6.45, 7) is 3.38. The van der Waals surface area contributed by atoms with Gasteiger partial charge in [0, 0.05) is 19.7 Å². The monoisotopic (exact) mass is 374 g/mol. The topological polar surface area (TPSA) is 65.0 Å². The number of hydrogen-bond donors (Lipinski definition) is 1. The van der Waals surface area contributed by atoms with E-state index in [0.717, 1.165) is 28.9 Å².